The van der Waals surface area contributed by atoms with Crippen LogP contribution in [0.2, 0.25) is 0 Å². The van der Waals surface area contributed by atoms with Crippen LogP contribution in [-0.2, 0) is 11.3 Å². The highest BCUT2D eigenvalue weighted by atomic mass is 16.5. The molecule has 1 aliphatic heterocycles. The molecule has 1 aromatic heterocycles. The van der Waals surface area contributed by atoms with E-state index in [1.807, 2.05) is 0 Å². The standard InChI is InChI=1S/C13H19N3O4/c1-9-6-10(15-20-9)8-14-13(19)16-5-3-2-4-11(16)7-12(17)18/h6,11H,2-5,7-8H2,1H3,(H,14,19)(H,17,18). The number of carbonyl (C=O) groups is 2. The van der Waals surface area contributed by atoms with E-state index in [0.29, 0.717) is 18.0 Å². The number of hydrogen-bond donors (Lipinski definition) is 2. The van der Waals surface area contributed by atoms with Crippen molar-refractivity contribution in [2.75, 3.05) is 6.54 Å². The Morgan fingerprint density at radius 3 is 3.00 bits per heavy atom. The minimum absolute atomic E-state index is 0.00348. The highest BCUT2D eigenvalue weighted by molar-refractivity contribution is 5.76. The average molecular weight is 281 g/mol. The van der Waals surface area contributed by atoms with Gasteiger partial charge in [-0.05, 0) is 26.2 Å². The molecule has 1 unspecified atom stereocenters. The molecule has 1 aromatic rings. The highest BCUT2D eigenvalue weighted by Crippen LogP contribution is 2.19. The van der Waals surface area contributed by atoms with Gasteiger partial charge < -0.3 is 19.8 Å². The quantitative estimate of drug-likeness (QED) is 0.872. The molecular formula is C13H19N3O4. The molecule has 0 bridgehead atoms. The number of carboxylic acid groups (broad SMARTS) is 1. The number of urea groups is 1. The smallest absolute Gasteiger partial charge is 0.317 e. The number of aliphatic carboxylic acids is 1. The zero-order valence-electron chi connectivity index (χ0n) is 11.5. The lowest BCUT2D eigenvalue weighted by Gasteiger charge is -2.34. The molecule has 2 N–H and O–H groups in total. The van der Waals surface area contributed by atoms with Crippen molar-refractivity contribution in [3.8, 4) is 0 Å². The molecule has 7 nitrogen and oxygen atoms in total. The summed E-state index contributed by atoms with van der Waals surface area (Å²) in [5.74, 6) is -0.183. The fourth-order valence-corrected chi connectivity index (χ4v) is 2.45. The molecule has 1 aliphatic rings. The van der Waals surface area contributed by atoms with Gasteiger partial charge in [0.1, 0.15) is 11.5 Å². The zero-order chi connectivity index (χ0) is 14.5. The summed E-state index contributed by atoms with van der Waals surface area (Å²) in [4.78, 5) is 24.6. The number of aryl methyl sites for hydroxylation is 1. The SMILES string of the molecule is Cc1cc(CNC(=O)N2CCCCC2CC(=O)O)no1. The summed E-state index contributed by atoms with van der Waals surface area (Å²) in [5.41, 5.74) is 0.655. The van der Waals surface area contributed by atoms with Crippen molar-refractivity contribution in [3.63, 3.8) is 0 Å². The van der Waals surface area contributed by atoms with Crippen LogP contribution in [0.4, 0.5) is 4.79 Å². The highest BCUT2D eigenvalue weighted by Gasteiger charge is 2.28. The summed E-state index contributed by atoms with van der Waals surface area (Å²) in [5, 5.41) is 15.4. The van der Waals surface area contributed by atoms with Gasteiger partial charge in [0.2, 0.25) is 0 Å². The van der Waals surface area contributed by atoms with Gasteiger partial charge in [0.05, 0.1) is 13.0 Å². The summed E-state index contributed by atoms with van der Waals surface area (Å²) in [7, 11) is 0. The maximum Gasteiger partial charge on any atom is 0.317 e. The van der Waals surface area contributed by atoms with E-state index < -0.39 is 5.97 Å². The van der Waals surface area contributed by atoms with Gasteiger partial charge >= 0.3 is 12.0 Å². The number of hydrogen-bond acceptors (Lipinski definition) is 4. The van der Waals surface area contributed by atoms with Crippen LogP contribution in [0, 0.1) is 6.92 Å². The monoisotopic (exact) mass is 281 g/mol. The molecule has 1 saturated heterocycles. The summed E-state index contributed by atoms with van der Waals surface area (Å²) in [6.07, 6.45) is 2.61. The number of likely N-dealkylation sites (tertiary alicyclic amines) is 1. The second kappa shape index (κ2) is 6.40. The lowest BCUT2D eigenvalue weighted by Crippen LogP contribution is -2.49. The summed E-state index contributed by atoms with van der Waals surface area (Å²) < 4.78 is 4.92. The second-order valence-corrected chi connectivity index (χ2v) is 5.03. The van der Waals surface area contributed by atoms with Crippen molar-refractivity contribution in [2.45, 2.75) is 45.2 Å². The van der Waals surface area contributed by atoms with Crippen LogP contribution in [0.25, 0.3) is 0 Å². The number of carbonyl (C=O) groups excluding carboxylic acids is 1. The Morgan fingerprint density at radius 1 is 1.55 bits per heavy atom. The van der Waals surface area contributed by atoms with Crippen molar-refractivity contribution >= 4 is 12.0 Å². The largest absolute Gasteiger partial charge is 0.481 e. The molecule has 2 heterocycles. The fourth-order valence-electron chi connectivity index (χ4n) is 2.45. The van der Waals surface area contributed by atoms with Gasteiger partial charge in [-0.3, -0.25) is 4.79 Å². The number of carboxylic acids is 1. The second-order valence-electron chi connectivity index (χ2n) is 5.03. The van der Waals surface area contributed by atoms with Crippen LogP contribution in [0.15, 0.2) is 10.6 Å². The molecule has 20 heavy (non-hydrogen) atoms. The third-order valence-corrected chi connectivity index (χ3v) is 3.40. The number of aromatic nitrogens is 1. The van der Waals surface area contributed by atoms with Gasteiger partial charge in [-0.15, -0.1) is 0 Å². The van der Waals surface area contributed by atoms with Crippen LogP contribution < -0.4 is 5.32 Å². The molecule has 110 valence electrons. The summed E-state index contributed by atoms with van der Waals surface area (Å²) in [6, 6.07) is 1.29. The number of piperidine rings is 1. The van der Waals surface area contributed by atoms with E-state index in [0.717, 1.165) is 19.3 Å². The lowest BCUT2D eigenvalue weighted by molar-refractivity contribution is -0.138. The molecule has 1 fully saturated rings. The van der Waals surface area contributed by atoms with Crippen molar-refractivity contribution < 1.29 is 19.2 Å². The molecule has 7 heteroatoms. The number of nitrogens with zero attached hydrogens (tertiary/aromatic N) is 2. The van der Waals surface area contributed by atoms with Gasteiger partial charge in [-0.1, -0.05) is 5.16 Å². The van der Waals surface area contributed by atoms with Crippen LogP contribution in [0.1, 0.15) is 37.1 Å². The Balaban J connectivity index is 1.90. The van der Waals surface area contributed by atoms with Crippen molar-refractivity contribution in [2.24, 2.45) is 0 Å². The van der Waals surface area contributed by atoms with Crippen molar-refractivity contribution in [3.05, 3.63) is 17.5 Å². The molecule has 0 saturated carbocycles. The number of amides is 2. The van der Waals surface area contributed by atoms with E-state index >= 15 is 0 Å². The third kappa shape index (κ3) is 3.72. The third-order valence-electron chi connectivity index (χ3n) is 3.40. The molecule has 0 radical (unpaired) electrons. The minimum atomic E-state index is -0.873. The minimum Gasteiger partial charge on any atom is -0.481 e. The maximum absolute atomic E-state index is 12.1. The molecule has 0 spiro atoms. The van der Waals surface area contributed by atoms with E-state index in [1.54, 1.807) is 17.9 Å². The van der Waals surface area contributed by atoms with Crippen molar-refractivity contribution in [1.82, 2.24) is 15.4 Å². The van der Waals surface area contributed by atoms with Crippen LogP contribution in [0.3, 0.4) is 0 Å². The first-order chi connectivity index (χ1) is 9.56. The van der Waals surface area contributed by atoms with Gasteiger partial charge in [0, 0.05) is 18.7 Å². The van der Waals surface area contributed by atoms with Crippen molar-refractivity contribution in [1.29, 1.82) is 0 Å². The first kappa shape index (κ1) is 14.4. The predicted molar refractivity (Wildman–Crippen MR) is 70.1 cm³/mol. The molecular weight excluding hydrogens is 262 g/mol. The Bertz CT molecular complexity index is 486. The normalized spacial score (nSPS) is 18.9. The van der Waals surface area contributed by atoms with Crippen LogP contribution in [-0.4, -0.2) is 39.8 Å². The molecule has 2 amide bonds. The van der Waals surface area contributed by atoms with Gasteiger partial charge in [0.15, 0.2) is 0 Å². The number of rotatable bonds is 4. The van der Waals surface area contributed by atoms with E-state index in [2.05, 4.69) is 10.5 Å². The number of nitrogens with one attached hydrogen (secondary N) is 1. The summed E-state index contributed by atoms with van der Waals surface area (Å²) >= 11 is 0. The zero-order valence-corrected chi connectivity index (χ0v) is 11.5. The van der Waals surface area contributed by atoms with E-state index in [4.69, 9.17) is 9.63 Å². The summed E-state index contributed by atoms with van der Waals surface area (Å²) in [6.45, 7) is 2.67. The van der Waals surface area contributed by atoms with Crippen LogP contribution >= 0.6 is 0 Å². The molecule has 1 atom stereocenters. The Hall–Kier alpha value is -2.05. The topological polar surface area (TPSA) is 95.7 Å². The molecule has 2 rings (SSSR count). The Kier molecular flexibility index (Phi) is 4.60. The van der Waals surface area contributed by atoms with E-state index in [1.165, 1.54) is 0 Å². The molecule has 0 aliphatic carbocycles. The van der Waals surface area contributed by atoms with Gasteiger partial charge in [-0.25, -0.2) is 4.79 Å². The first-order valence-electron chi connectivity index (χ1n) is 6.74. The van der Waals surface area contributed by atoms with Gasteiger partial charge in [0.25, 0.3) is 0 Å². The Morgan fingerprint density at radius 2 is 2.35 bits per heavy atom. The lowest BCUT2D eigenvalue weighted by atomic mass is 10.00. The van der Waals surface area contributed by atoms with Gasteiger partial charge in [-0.2, -0.15) is 0 Å². The van der Waals surface area contributed by atoms with Crippen LogP contribution in [0.5, 0.6) is 0 Å². The molecule has 0 aromatic carbocycles. The Labute approximate surface area is 116 Å². The first-order valence-corrected chi connectivity index (χ1v) is 6.74. The maximum atomic E-state index is 12.1. The average Bonchev–Trinajstić information content (AvgIpc) is 2.82. The van der Waals surface area contributed by atoms with E-state index in [-0.39, 0.29) is 25.0 Å². The van der Waals surface area contributed by atoms with E-state index in [9.17, 15) is 9.59 Å². The predicted octanol–water partition coefficient (Wildman–Crippen LogP) is 1.52. The fraction of sp³-hybridized carbons (Fsp3) is 0.615.